The SMILES string of the molecule is CCNC(C)(C#N)CN(C)CC1CCC1. The second-order valence-electron chi connectivity index (χ2n) is 4.97. The molecule has 0 aliphatic heterocycles. The van der Waals surface area contributed by atoms with Crippen LogP contribution in [0.2, 0.25) is 0 Å². The van der Waals surface area contributed by atoms with E-state index in [4.69, 9.17) is 5.26 Å². The van der Waals surface area contributed by atoms with Crippen LogP contribution < -0.4 is 5.32 Å². The summed E-state index contributed by atoms with van der Waals surface area (Å²) in [4.78, 5) is 2.29. The Kier molecular flexibility index (Phi) is 4.56. The van der Waals surface area contributed by atoms with Crippen LogP contribution in [0.5, 0.6) is 0 Å². The van der Waals surface area contributed by atoms with Gasteiger partial charge in [0.1, 0.15) is 5.54 Å². The van der Waals surface area contributed by atoms with E-state index in [9.17, 15) is 0 Å². The molecule has 0 amide bonds. The second-order valence-corrected chi connectivity index (χ2v) is 4.97. The highest BCUT2D eigenvalue weighted by atomic mass is 15.1. The topological polar surface area (TPSA) is 39.1 Å². The average molecular weight is 209 g/mol. The first-order valence-electron chi connectivity index (χ1n) is 5.94. The second kappa shape index (κ2) is 5.48. The van der Waals surface area contributed by atoms with Crippen molar-refractivity contribution in [1.82, 2.24) is 10.2 Å². The van der Waals surface area contributed by atoms with Gasteiger partial charge in [-0.25, -0.2) is 0 Å². The van der Waals surface area contributed by atoms with Gasteiger partial charge in [0.25, 0.3) is 0 Å². The molecule has 3 heteroatoms. The first-order valence-corrected chi connectivity index (χ1v) is 5.94. The molecule has 0 aromatic rings. The van der Waals surface area contributed by atoms with Gasteiger partial charge in [-0.3, -0.25) is 5.32 Å². The minimum absolute atomic E-state index is 0.396. The first-order chi connectivity index (χ1) is 7.09. The van der Waals surface area contributed by atoms with E-state index in [1.54, 1.807) is 0 Å². The van der Waals surface area contributed by atoms with Crippen molar-refractivity contribution in [3.05, 3.63) is 0 Å². The van der Waals surface area contributed by atoms with Crippen molar-refractivity contribution in [3.63, 3.8) is 0 Å². The fraction of sp³-hybridized carbons (Fsp3) is 0.917. The summed E-state index contributed by atoms with van der Waals surface area (Å²) in [6, 6.07) is 2.37. The van der Waals surface area contributed by atoms with Gasteiger partial charge in [0.05, 0.1) is 6.07 Å². The highest BCUT2D eigenvalue weighted by molar-refractivity contribution is 5.05. The molecule has 0 spiro atoms. The summed E-state index contributed by atoms with van der Waals surface area (Å²) in [7, 11) is 2.12. The van der Waals surface area contributed by atoms with Gasteiger partial charge in [-0.05, 0) is 39.3 Å². The Morgan fingerprint density at radius 1 is 1.53 bits per heavy atom. The van der Waals surface area contributed by atoms with Gasteiger partial charge < -0.3 is 4.90 Å². The third-order valence-electron chi connectivity index (χ3n) is 3.19. The Morgan fingerprint density at radius 2 is 2.20 bits per heavy atom. The van der Waals surface area contributed by atoms with Crippen molar-refractivity contribution in [2.24, 2.45) is 5.92 Å². The van der Waals surface area contributed by atoms with Crippen molar-refractivity contribution in [2.45, 2.75) is 38.6 Å². The molecule has 1 aliphatic rings. The minimum atomic E-state index is -0.396. The molecule has 1 unspecified atom stereocenters. The van der Waals surface area contributed by atoms with Gasteiger partial charge in [-0.1, -0.05) is 13.3 Å². The van der Waals surface area contributed by atoms with Gasteiger partial charge in [0, 0.05) is 13.1 Å². The van der Waals surface area contributed by atoms with E-state index >= 15 is 0 Å². The summed E-state index contributed by atoms with van der Waals surface area (Å²) >= 11 is 0. The van der Waals surface area contributed by atoms with E-state index in [1.165, 1.54) is 19.3 Å². The van der Waals surface area contributed by atoms with Crippen LogP contribution in [0.15, 0.2) is 0 Å². The summed E-state index contributed by atoms with van der Waals surface area (Å²) in [5.74, 6) is 0.875. The Morgan fingerprint density at radius 3 is 2.60 bits per heavy atom. The standard InChI is InChI=1S/C12H23N3/c1-4-14-12(2,9-13)10-15(3)8-11-6-5-7-11/h11,14H,4-8,10H2,1-3H3. The smallest absolute Gasteiger partial charge is 0.116 e. The maximum Gasteiger partial charge on any atom is 0.116 e. The molecule has 0 aromatic heterocycles. The molecule has 0 aromatic carbocycles. The van der Waals surface area contributed by atoms with Crippen LogP contribution in [0.1, 0.15) is 33.1 Å². The van der Waals surface area contributed by atoms with E-state index in [1.807, 2.05) is 13.8 Å². The van der Waals surface area contributed by atoms with Crippen LogP contribution in [0.25, 0.3) is 0 Å². The highest BCUT2D eigenvalue weighted by Crippen LogP contribution is 2.26. The quantitative estimate of drug-likeness (QED) is 0.722. The van der Waals surface area contributed by atoms with Crippen LogP contribution in [0.4, 0.5) is 0 Å². The Hall–Kier alpha value is -0.590. The summed E-state index contributed by atoms with van der Waals surface area (Å²) < 4.78 is 0. The zero-order valence-corrected chi connectivity index (χ0v) is 10.2. The molecule has 1 aliphatic carbocycles. The van der Waals surface area contributed by atoms with Crippen LogP contribution >= 0.6 is 0 Å². The Balaban J connectivity index is 2.33. The normalized spacial score (nSPS) is 20.7. The lowest BCUT2D eigenvalue weighted by atomic mass is 9.85. The minimum Gasteiger partial charge on any atom is -0.303 e. The molecule has 1 saturated carbocycles. The van der Waals surface area contributed by atoms with Crippen LogP contribution in [-0.4, -0.2) is 37.1 Å². The molecule has 1 fully saturated rings. The summed E-state index contributed by atoms with van der Waals surface area (Å²) in [6.07, 6.45) is 4.13. The van der Waals surface area contributed by atoms with Crippen molar-refractivity contribution >= 4 is 0 Å². The van der Waals surface area contributed by atoms with Gasteiger partial charge in [0.2, 0.25) is 0 Å². The third-order valence-corrected chi connectivity index (χ3v) is 3.19. The van der Waals surface area contributed by atoms with Crippen LogP contribution in [0.3, 0.4) is 0 Å². The lowest BCUT2D eigenvalue weighted by Gasteiger charge is -2.34. The molecule has 0 heterocycles. The number of nitriles is 1. The zero-order chi connectivity index (χ0) is 11.3. The van der Waals surface area contributed by atoms with Crippen LogP contribution in [-0.2, 0) is 0 Å². The van der Waals surface area contributed by atoms with Crippen molar-refractivity contribution in [1.29, 1.82) is 5.26 Å². The number of likely N-dealkylation sites (N-methyl/N-ethyl adjacent to an activating group) is 2. The molecule has 1 N–H and O–H groups in total. The molecule has 1 atom stereocenters. The summed E-state index contributed by atoms with van der Waals surface area (Å²) in [5.41, 5.74) is -0.396. The van der Waals surface area contributed by atoms with Crippen molar-refractivity contribution in [3.8, 4) is 6.07 Å². The highest BCUT2D eigenvalue weighted by Gasteiger charge is 2.26. The van der Waals surface area contributed by atoms with E-state index in [0.29, 0.717) is 0 Å². The number of rotatable bonds is 6. The van der Waals surface area contributed by atoms with E-state index < -0.39 is 5.54 Å². The van der Waals surface area contributed by atoms with E-state index in [0.717, 1.165) is 25.6 Å². The molecular formula is C12H23N3. The largest absolute Gasteiger partial charge is 0.303 e. The fourth-order valence-corrected chi connectivity index (χ4v) is 2.24. The maximum absolute atomic E-state index is 9.13. The number of hydrogen-bond donors (Lipinski definition) is 1. The molecule has 0 saturated heterocycles. The maximum atomic E-state index is 9.13. The van der Waals surface area contributed by atoms with Gasteiger partial charge >= 0.3 is 0 Å². The molecule has 0 bridgehead atoms. The van der Waals surface area contributed by atoms with Gasteiger partial charge in [-0.2, -0.15) is 5.26 Å². The molecular weight excluding hydrogens is 186 g/mol. The van der Waals surface area contributed by atoms with Gasteiger partial charge in [-0.15, -0.1) is 0 Å². The Bertz CT molecular complexity index is 230. The predicted molar refractivity (Wildman–Crippen MR) is 62.5 cm³/mol. The predicted octanol–water partition coefficient (Wildman–Crippen LogP) is 1.61. The molecule has 0 radical (unpaired) electrons. The number of hydrogen-bond acceptors (Lipinski definition) is 3. The average Bonchev–Trinajstić information content (AvgIpc) is 2.12. The summed E-state index contributed by atoms with van der Waals surface area (Å²) in [6.45, 7) is 6.83. The first kappa shape index (κ1) is 12.5. The zero-order valence-electron chi connectivity index (χ0n) is 10.2. The van der Waals surface area contributed by atoms with Crippen LogP contribution in [0, 0.1) is 17.2 Å². The lowest BCUT2D eigenvalue weighted by Crippen LogP contribution is -2.50. The fourth-order valence-electron chi connectivity index (χ4n) is 2.24. The molecule has 3 nitrogen and oxygen atoms in total. The van der Waals surface area contributed by atoms with E-state index in [-0.39, 0.29) is 0 Å². The molecule has 15 heavy (non-hydrogen) atoms. The van der Waals surface area contributed by atoms with Crippen molar-refractivity contribution in [2.75, 3.05) is 26.7 Å². The summed E-state index contributed by atoms with van der Waals surface area (Å²) in [5, 5.41) is 12.4. The number of nitrogens with one attached hydrogen (secondary N) is 1. The number of nitrogens with zero attached hydrogens (tertiary/aromatic N) is 2. The molecule has 1 rings (SSSR count). The Labute approximate surface area is 93.5 Å². The van der Waals surface area contributed by atoms with Gasteiger partial charge in [0.15, 0.2) is 0 Å². The third kappa shape index (κ3) is 3.81. The lowest BCUT2D eigenvalue weighted by molar-refractivity contribution is 0.181. The molecule has 86 valence electrons. The van der Waals surface area contributed by atoms with Crippen molar-refractivity contribution < 1.29 is 0 Å². The van der Waals surface area contributed by atoms with E-state index in [2.05, 4.69) is 23.3 Å². The monoisotopic (exact) mass is 209 g/mol.